The number of ketones is 1. The van der Waals surface area contributed by atoms with Crippen LogP contribution in [0.25, 0.3) is 0 Å². The van der Waals surface area contributed by atoms with E-state index < -0.39 is 23.7 Å². The van der Waals surface area contributed by atoms with Gasteiger partial charge < -0.3 is 39.4 Å². The maximum Gasteiger partial charge on any atom is 0.202 e. The first-order valence-electron chi connectivity index (χ1n) is 10.8. The Morgan fingerprint density at radius 1 is 1.14 bits per heavy atom. The van der Waals surface area contributed by atoms with E-state index in [2.05, 4.69) is 6.58 Å². The van der Waals surface area contributed by atoms with Crippen LogP contribution in [-0.2, 0) is 4.74 Å². The second-order valence-electron chi connectivity index (χ2n) is 7.64. The monoisotopic (exact) mass is 484 g/mol. The van der Waals surface area contributed by atoms with Crippen LogP contribution in [0.3, 0.4) is 0 Å². The Hall–Kier alpha value is -3.95. The summed E-state index contributed by atoms with van der Waals surface area (Å²) in [6, 6.07) is 6.89. The second-order valence-corrected chi connectivity index (χ2v) is 7.64. The van der Waals surface area contributed by atoms with Crippen molar-refractivity contribution in [2.75, 3.05) is 26.9 Å². The molecule has 1 heterocycles. The molecule has 9 nitrogen and oxygen atoms in total. The molecule has 2 aromatic carbocycles. The lowest BCUT2D eigenvalue weighted by atomic mass is 9.92. The van der Waals surface area contributed by atoms with E-state index >= 15 is 0 Å². The molecule has 0 spiro atoms. The minimum atomic E-state index is -1.61. The van der Waals surface area contributed by atoms with Gasteiger partial charge in [-0.2, -0.15) is 0 Å². The van der Waals surface area contributed by atoms with Crippen LogP contribution in [0.15, 0.2) is 66.5 Å². The number of aliphatic hydroxyl groups excluding tert-OH is 2. The van der Waals surface area contributed by atoms with Gasteiger partial charge in [0.15, 0.2) is 23.7 Å². The maximum absolute atomic E-state index is 12.7. The van der Waals surface area contributed by atoms with Crippen LogP contribution in [0.4, 0.5) is 0 Å². The molecule has 0 saturated heterocycles. The van der Waals surface area contributed by atoms with Crippen molar-refractivity contribution in [1.82, 2.24) is 0 Å². The van der Waals surface area contributed by atoms with Crippen molar-refractivity contribution in [2.45, 2.75) is 19.1 Å². The lowest BCUT2D eigenvalue weighted by molar-refractivity contribution is 0.0209. The summed E-state index contributed by atoms with van der Waals surface area (Å²) in [5.74, 6) is -0.308. The smallest absolute Gasteiger partial charge is 0.202 e. The Bertz CT molecular complexity index is 1150. The number of rotatable bonds is 10. The first-order valence-corrected chi connectivity index (χ1v) is 10.8. The zero-order valence-corrected chi connectivity index (χ0v) is 19.4. The predicted octanol–water partition coefficient (Wildman–Crippen LogP) is 3.19. The SMILES string of the molecule is C=C(/C=C\C(=C/C)OC)COc1cc(C2Oc3cc(O)cc(O)c3C(=O)C2O)ccc1OCCO. The topological polar surface area (TPSA) is 135 Å². The molecule has 0 saturated carbocycles. The van der Waals surface area contributed by atoms with E-state index in [-0.39, 0.29) is 42.6 Å². The molecule has 0 amide bonds. The van der Waals surface area contributed by atoms with Crippen LogP contribution in [0.1, 0.15) is 28.9 Å². The van der Waals surface area contributed by atoms with Gasteiger partial charge in [0.1, 0.15) is 41.8 Å². The van der Waals surface area contributed by atoms with Gasteiger partial charge in [-0.3, -0.25) is 4.79 Å². The summed E-state index contributed by atoms with van der Waals surface area (Å²) in [5, 5.41) is 39.6. The molecule has 4 N–H and O–H groups in total. The molecule has 2 aromatic rings. The largest absolute Gasteiger partial charge is 0.508 e. The van der Waals surface area contributed by atoms with Gasteiger partial charge in [0.05, 0.1) is 13.7 Å². The molecular weight excluding hydrogens is 456 g/mol. The van der Waals surface area contributed by atoms with Crippen molar-refractivity contribution in [2.24, 2.45) is 0 Å². The molecule has 9 heteroatoms. The molecule has 0 radical (unpaired) electrons. The van der Waals surface area contributed by atoms with Crippen molar-refractivity contribution >= 4 is 5.78 Å². The summed E-state index contributed by atoms with van der Waals surface area (Å²) >= 11 is 0. The number of benzene rings is 2. The van der Waals surface area contributed by atoms with Crippen molar-refractivity contribution in [3.8, 4) is 28.7 Å². The van der Waals surface area contributed by atoms with E-state index in [9.17, 15) is 20.1 Å². The molecule has 2 unspecified atom stereocenters. The minimum absolute atomic E-state index is 0.0298. The number of phenols is 2. The molecule has 1 aliphatic rings. The molecule has 35 heavy (non-hydrogen) atoms. The Balaban J connectivity index is 1.87. The minimum Gasteiger partial charge on any atom is -0.508 e. The van der Waals surface area contributed by atoms with Gasteiger partial charge in [0, 0.05) is 12.1 Å². The van der Waals surface area contributed by atoms with Gasteiger partial charge in [-0.15, -0.1) is 0 Å². The van der Waals surface area contributed by atoms with Crippen LogP contribution >= 0.6 is 0 Å². The van der Waals surface area contributed by atoms with E-state index in [1.54, 1.807) is 43.5 Å². The third-order valence-electron chi connectivity index (χ3n) is 5.18. The highest BCUT2D eigenvalue weighted by Crippen LogP contribution is 2.43. The lowest BCUT2D eigenvalue weighted by Crippen LogP contribution is -2.36. The van der Waals surface area contributed by atoms with Gasteiger partial charge in [0.2, 0.25) is 5.78 Å². The van der Waals surface area contributed by atoms with Crippen molar-refractivity contribution < 1.29 is 44.2 Å². The van der Waals surface area contributed by atoms with E-state index in [4.69, 9.17) is 24.1 Å². The van der Waals surface area contributed by atoms with E-state index in [0.29, 0.717) is 22.6 Å². The molecule has 3 rings (SSSR count). The van der Waals surface area contributed by atoms with Crippen LogP contribution in [0.2, 0.25) is 0 Å². The Labute approximate surface area is 202 Å². The predicted molar refractivity (Wildman–Crippen MR) is 127 cm³/mol. The number of phenolic OH excluding ortho intramolecular Hbond substituents is 2. The van der Waals surface area contributed by atoms with E-state index in [0.717, 1.165) is 6.07 Å². The van der Waals surface area contributed by atoms with Crippen molar-refractivity contribution in [1.29, 1.82) is 0 Å². The summed E-state index contributed by atoms with van der Waals surface area (Å²) in [7, 11) is 1.56. The zero-order chi connectivity index (χ0) is 25.5. The molecular formula is C26H28O9. The average Bonchev–Trinajstić information content (AvgIpc) is 2.84. The highest BCUT2D eigenvalue weighted by Gasteiger charge is 2.39. The van der Waals surface area contributed by atoms with Crippen molar-refractivity contribution in [3.63, 3.8) is 0 Å². The molecule has 1 aliphatic heterocycles. The fourth-order valence-electron chi connectivity index (χ4n) is 3.45. The fraction of sp³-hybridized carbons (Fsp3) is 0.269. The molecule has 186 valence electrons. The van der Waals surface area contributed by atoms with Crippen LogP contribution in [0, 0.1) is 0 Å². The van der Waals surface area contributed by atoms with E-state index in [1.165, 1.54) is 6.07 Å². The highest BCUT2D eigenvalue weighted by atomic mass is 16.5. The Morgan fingerprint density at radius 3 is 2.60 bits per heavy atom. The van der Waals surface area contributed by atoms with Gasteiger partial charge in [0.25, 0.3) is 0 Å². The zero-order valence-electron chi connectivity index (χ0n) is 19.4. The summed E-state index contributed by atoms with van der Waals surface area (Å²) in [6.45, 7) is 5.70. The first-order chi connectivity index (χ1) is 16.8. The van der Waals surface area contributed by atoms with Gasteiger partial charge in [-0.25, -0.2) is 0 Å². The number of aliphatic hydroxyl groups is 2. The number of carbonyl (C=O) groups excluding carboxylic acids is 1. The van der Waals surface area contributed by atoms with Crippen molar-refractivity contribution in [3.05, 3.63) is 77.6 Å². The molecule has 0 fully saturated rings. The molecule has 0 aliphatic carbocycles. The Kier molecular flexibility index (Phi) is 8.40. The number of carbonyl (C=O) groups is 1. The maximum atomic E-state index is 12.7. The molecule has 0 bridgehead atoms. The molecule has 2 atom stereocenters. The summed E-state index contributed by atoms with van der Waals surface area (Å²) in [5.41, 5.74) is 0.817. The van der Waals surface area contributed by atoms with E-state index in [1.807, 2.05) is 6.92 Å². The second kappa shape index (κ2) is 11.5. The highest BCUT2D eigenvalue weighted by molar-refractivity contribution is 6.05. The summed E-state index contributed by atoms with van der Waals surface area (Å²) in [4.78, 5) is 12.7. The lowest BCUT2D eigenvalue weighted by Gasteiger charge is -2.30. The number of hydrogen-bond acceptors (Lipinski definition) is 9. The quantitative estimate of drug-likeness (QED) is 0.296. The number of methoxy groups -OCH3 is 1. The fourth-order valence-corrected chi connectivity index (χ4v) is 3.45. The number of Topliss-reactive ketones (excluding diaryl/α,β-unsaturated/α-hetero) is 1. The number of hydrogen-bond donors (Lipinski definition) is 4. The standard InChI is InChI=1S/C26H28O9/c1-4-18(32-3)7-5-15(2)14-34-21-11-16(6-8-20(21)33-10-9-27)26-25(31)24(30)23-19(29)12-17(28)13-22(23)35-26/h4-8,11-13,25-29,31H,2,9-10,14H2,1,3H3/b7-5-,18-4+. The first kappa shape index (κ1) is 25.7. The van der Waals surface area contributed by atoms with Crippen LogP contribution in [0.5, 0.6) is 28.7 Å². The summed E-state index contributed by atoms with van der Waals surface area (Å²) < 4.78 is 22.4. The normalized spacial score (nSPS) is 17.6. The van der Waals surface area contributed by atoms with Crippen LogP contribution < -0.4 is 14.2 Å². The van der Waals surface area contributed by atoms with Gasteiger partial charge >= 0.3 is 0 Å². The van der Waals surface area contributed by atoms with Crippen LogP contribution in [-0.4, -0.2) is 59.2 Å². The van der Waals surface area contributed by atoms with Gasteiger partial charge in [-0.05, 0) is 42.3 Å². The Morgan fingerprint density at radius 2 is 1.91 bits per heavy atom. The number of allylic oxidation sites excluding steroid dienone is 2. The van der Waals surface area contributed by atoms with Gasteiger partial charge in [-0.1, -0.05) is 18.7 Å². The summed E-state index contributed by atoms with van der Waals surface area (Å²) in [6.07, 6.45) is 2.53. The number of ether oxygens (including phenoxy) is 4. The number of fused-ring (bicyclic) bond motifs is 1. The third kappa shape index (κ3) is 5.95. The number of aromatic hydroxyl groups is 2. The molecule has 0 aromatic heterocycles. The third-order valence-corrected chi connectivity index (χ3v) is 5.18. The average molecular weight is 485 g/mol.